The molecule has 1 aromatic rings. The van der Waals surface area contributed by atoms with Gasteiger partial charge in [0.25, 0.3) is 5.56 Å². The molecule has 0 radical (unpaired) electrons. The highest BCUT2D eigenvalue weighted by Gasteiger charge is 2.21. The molecule has 0 bridgehead atoms. The average Bonchev–Trinajstić information content (AvgIpc) is 2.56. The maximum atomic E-state index is 11.2. The molecule has 0 amide bonds. The normalized spacial score (nSPS) is 17.8. The van der Waals surface area contributed by atoms with Crippen LogP contribution in [0.5, 0.6) is 0 Å². The average molecular weight is 184 g/mol. The van der Waals surface area contributed by atoms with Gasteiger partial charge in [0.05, 0.1) is 18.8 Å². The van der Waals surface area contributed by atoms with Gasteiger partial charge in [-0.2, -0.15) is 0 Å². The molecule has 0 spiro atoms. The molecule has 1 aliphatic heterocycles. The summed E-state index contributed by atoms with van der Waals surface area (Å²) in [5.41, 5.74) is -0.723. The molecule has 2 rings (SSSR count). The first-order valence-corrected chi connectivity index (χ1v) is 3.82. The van der Waals surface area contributed by atoms with Gasteiger partial charge in [-0.3, -0.25) is 9.78 Å². The third-order valence-electron chi connectivity index (χ3n) is 1.72. The molecule has 0 unspecified atom stereocenters. The zero-order valence-electron chi connectivity index (χ0n) is 6.70. The first-order chi connectivity index (χ1) is 6.27. The minimum absolute atomic E-state index is 0.289. The lowest BCUT2D eigenvalue weighted by molar-refractivity contribution is -0.0454. The maximum Gasteiger partial charge on any atom is 0.325 e. The molecule has 0 atom stereocenters. The van der Waals surface area contributed by atoms with Crippen molar-refractivity contribution in [2.45, 2.75) is 6.29 Å². The van der Waals surface area contributed by atoms with Gasteiger partial charge in [-0.15, -0.1) is 0 Å². The van der Waals surface area contributed by atoms with Crippen molar-refractivity contribution in [3.63, 3.8) is 0 Å². The van der Waals surface area contributed by atoms with Gasteiger partial charge < -0.3 is 14.5 Å². The lowest BCUT2D eigenvalue weighted by Crippen LogP contribution is -2.26. The summed E-state index contributed by atoms with van der Waals surface area (Å²) in [6.45, 7) is 0.923. The second kappa shape index (κ2) is 3.15. The van der Waals surface area contributed by atoms with Gasteiger partial charge in [0.2, 0.25) is 0 Å². The number of H-pyrrole nitrogens is 2. The fourth-order valence-corrected chi connectivity index (χ4v) is 1.13. The van der Waals surface area contributed by atoms with Crippen LogP contribution in [-0.2, 0) is 9.47 Å². The van der Waals surface area contributed by atoms with Crippen molar-refractivity contribution in [1.82, 2.24) is 9.97 Å². The van der Waals surface area contributed by atoms with E-state index in [1.807, 2.05) is 0 Å². The first kappa shape index (κ1) is 8.21. The molecule has 13 heavy (non-hydrogen) atoms. The van der Waals surface area contributed by atoms with E-state index in [1.54, 1.807) is 0 Å². The summed E-state index contributed by atoms with van der Waals surface area (Å²) < 4.78 is 10.2. The predicted molar refractivity (Wildman–Crippen MR) is 42.3 cm³/mol. The molecule has 0 aromatic carbocycles. The minimum atomic E-state index is -0.652. The molecule has 70 valence electrons. The molecule has 1 fully saturated rings. The summed E-state index contributed by atoms with van der Waals surface area (Å²) in [4.78, 5) is 26.3. The molecule has 0 aliphatic carbocycles. The van der Waals surface area contributed by atoms with Crippen LogP contribution in [0.3, 0.4) is 0 Å². The largest absolute Gasteiger partial charge is 0.346 e. The highest BCUT2D eigenvalue weighted by molar-refractivity contribution is 5.05. The Morgan fingerprint density at radius 2 is 2.00 bits per heavy atom. The number of rotatable bonds is 1. The number of hydrogen-bond donors (Lipinski definition) is 2. The summed E-state index contributed by atoms with van der Waals surface area (Å²) in [6.07, 6.45) is 0.651. The Kier molecular flexibility index (Phi) is 1.99. The van der Waals surface area contributed by atoms with Gasteiger partial charge in [-0.05, 0) is 0 Å². The molecule has 2 N–H and O–H groups in total. The predicted octanol–water partition coefficient (Wildman–Crippen LogP) is -0.891. The molecular weight excluding hydrogens is 176 g/mol. The van der Waals surface area contributed by atoms with Crippen LogP contribution in [0.2, 0.25) is 0 Å². The van der Waals surface area contributed by atoms with Gasteiger partial charge in [0, 0.05) is 6.20 Å². The van der Waals surface area contributed by atoms with Crippen molar-refractivity contribution < 1.29 is 9.47 Å². The first-order valence-electron chi connectivity index (χ1n) is 3.82. The lowest BCUT2D eigenvalue weighted by Gasteiger charge is -2.06. The van der Waals surface area contributed by atoms with Gasteiger partial charge in [0.15, 0.2) is 6.29 Å². The third kappa shape index (κ3) is 1.53. The van der Waals surface area contributed by atoms with Crippen LogP contribution < -0.4 is 11.2 Å². The van der Waals surface area contributed by atoms with Crippen molar-refractivity contribution >= 4 is 0 Å². The van der Waals surface area contributed by atoms with E-state index in [0.717, 1.165) is 0 Å². The third-order valence-corrected chi connectivity index (χ3v) is 1.72. The zero-order valence-corrected chi connectivity index (χ0v) is 6.70. The van der Waals surface area contributed by atoms with E-state index >= 15 is 0 Å². The molecule has 2 heterocycles. The highest BCUT2D eigenvalue weighted by Crippen LogP contribution is 2.18. The van der Waals surface area contributed by atoms with Crippen LogP contribution >= 0.6 is 0 Å². The Hall–Kier alpha value is -1.40. The van der Waals surface area contributed by atoms with E-state index in [-0.39, 0.29) is 5.56 Å². The number of hydrogen-bond acceptors (Lipinski definition) is 4. The Morgan fingerprint density at radius 3 is 2.62 bits per heavy atom. The van der Waals surface area contributed by atoms with E-state index in [2.05, 4.69) is 9.97 Å². The van der Waals surface area contributed by atoms with E-state index in [1.165, 1.54) is 6.20 Å². The number of aromatic amines is 2. The topological polar surface area (TPSA) is 84.2 Å². The molecule has 1 aliphatic rings. The lowest BCUT2D eigenvalue weighted by atomic mass is 10.3. The summed E-state index contributed by atoms with van der Waals surface area (Å²) in [6, 6.07) is 0. The van der Waals surface area contributed by atoms with Crippen molar-refractivity contribution in [2.75, 3.05) is 13.2 Å². The molecular formula is C7H8N2O4. The zero-order chi connectivity index (χ0) is 9.26. The van der Waals surface area contributed by atoms with Crippen molar-refractivity contribution in [3.8, 4) is 0 Å². The van der Waals surface area contributed by atoms with Gasteiger partial charge in [-0.1, -0.05) is 0 Å². The van der Waals surface area contributed by atoms with Crippen LogP contribution in [0.25, 0.3) is 0 Å². The van der Waals surface area contributed by atoms with Crippen molar-refractivity contribution in [1.29, 1.82) is 0 Å². The van der Waals surface area contributed by atoms with Crippen LogP contribution in [0.4, 0.5) is 0 Å². The Morgan fingerprint density at radius 1 is 1.31 bits per heavy atom. The molecule has 6 heteroatoms. The van der Waals surface area contributed by atoms with Crippen molar-refractivity contribution in [3.05, 3.63) is 32.6 Å². The van der Waals surface area contributed by atoms with E-state index in [9.17, 15) is 9.59 Å². The summed E-state index contributed by atoms with van der Waals surface area (Å²) in [7, 11) is 0. The van der Waals surface area contributed by atoms with Gasteiger partial charge in [-0.25, -0.2) is 4.79 Å². The van der Waals surface area contributed by atoms with E-state index in [0.29, 0.717) is 13.2 Å². The second-order valence-electron chi connectivity index (χ2n) is 2.60. The fourth-order valence-electron chi connectivity index (χ4n) is 1.13. The maximum absolute atomic E-state index is 11.2. The fraction of sp³-hybridized carbons (Fsp3) is 0.429. The van der Waals surface area contributed by atoms with Crippen LogP contribution in [-0.4, -0.2) is 23.2 Å². The quantitative estimate of drug-likeness (QED) is 0.593. The Labute approximate surface area is 72.5 Å². The smallest absolute Gasteiger partial charge is 0.325 e. The van der Waals surface area contributed by atoms with E-state index in [4.69, 9.17) is 9.47 Å². The highest BCUT2D eigenvalue weighted by atomic mass is 16.7. The molecule has 1 saturated heterocycles. The van der Waals surface area contributed by atoms with Crippen LogP contribution in [0, 0.1) is 0 Å². The second-order valence-corrected chi connectivity index (χ2v) is 2.60. The van der Waals surface area contributed by atoms with Crippen LogP contribution in [0.1, 0.15) is 11.9 Å². The summed E-state index contributed by atoms with van der Waals surface area (Å²) >= 11 is 0. The van der Waals surface area contributed by atoms with Crippen molar-refractivity contribution in [2.24, 2.45) is 0 Å². The molecule has 0 saturated carbocycles. The van der Waals surface area contributed by atoms with Gasteiger partial charge >= 0.3 is 5.69 Å². The molecule has 6 nitrogen and oxygen atoms in total. The Balaban J connectivity index is 2.40. The number of nitrogens with one attached hydrogen (secondary N) is 2. The monoisotopic (exact) mass is 184 g/mol. The standard InChI is InChI=1S/C7H8N2O4/c10-5-4(3-8-7(11)9-5)6-12-1-2-13-6/h3,6H,1-2H2,(H2,8,9,10,11). The minimum Gasteiger partial charge on any atom is -0.346 e. The SMILES string of the molecule is O=c1[nH]cc(C2OCCO2)c(=O)[nH]1. The molecule has 1 aromatic heterocycles. The number of ether oxygens (including phenoxy) is 2. The summed E-state index contributed by atoms with van der Waals surface area (Å²) in [5.74, 6) is 0. The Bertz CT molecular complexity index is 401. The van der Waals surface area contributed by atoms with Crippen LogP contribution in [0.15, 0.2) is 15.8 Å². The number of aromatic nitrogens is 2. The van der Waals surface area contributed by atoms with E-state index < -0.39 is 17.5 Å². The van der Waals surface area contributed by atoms with Gasteiger partial charge in [0.1, 0.15) is 0 Å². The summed E-state index contributed by atoms with van der Waals surface area (Å²) in [5, 5.41) is 0.